The molecule has 1 N–H and O–H groups in total. The largest absolute Gasteiger partial charge is 0.380 e. The molecule has 0 fully saturated rings. The molecule has 18 heavy (non-hydrogen) atoms. The van der Waals surface area contributed by atoms with Gasteiger partial charge in [0.05, 0.1) is 6.61 Å². The Labute approximate surface area is 109 Å². The van der Waals surface area contributed by atoms with Crippen molar-refractivity contribution in [3.05, 3.63) is 29.6 Å². The van der Waals surface area contributed by atoms with E-state index in [2.05, 4.69) is 30.2 Å². The quantitative estimate of drug-likeness (QED) is 0.801. The van der Waals surface area contributed by atoms with Gasteiger partial charge in [0.25, 0.3) is 0 Å². The molecule has 0 aliphatic rings. The molecule has 1 heterocycles. The molecular weight excluding hydrogens is 226 g/mol. The van der Waals surface area contributed by atoms with E-state index in [1.807, 2.05) is 19.1 Å². The van der Waals surface area contributed by atoms with Gasteiger partial charge in [-0.3, -0.25) is 0 Å². The predicted molar refractivity (Wildman–Crippen MR) is 70.9 cm³/mol. The molecule has 4 heteroatoms. The molecule has 98 valence electrons. The van der Waals surface area contributed by atoms with E-state index in [1.54, 1.807) is 6.20 Å². The molecule has 4 nitrogen and oxygen atoms in total. The Hall–Kier alpha value is -1.44. The first-order valence-corrected chi connectivity index (χ1v) is 6.34. The van der Waals surface area contributed by atoms with Gasteiger partial charge in [0.15, 0.2) is 0 Å². The molecule has 0 saturated heterocycles. The minimum atomic E-state index is 0.289. The number of pyridine rings is 1. The zero-order valence-electron chi connectivity index (χ0n) is 11.3. The van der Waals surface area contributed by atoms with Crippen LogP contribution in [0.1, 0.15) is 32.0 Å². The van der Waals surface area contributed by atoms with Crippen molar-refractivity contribution in [2.45, 2.75) is 33.4 Å². The minimum absolute atomic E-state index is 0.289. The lowest BCUT2D eigenvalue weighted by Gasteiger charge is -2.22. The van der Waals surface area contributed by atoms with Gasteiger partial charge in [0.1, 0.15) is 11.8 Å². The van der Waals surface area contributed by atoms with Gasteiger partial charge in [-0.2, -0.15) is 5.26 Å². The molecule has 1 aromatic heterocycles. The van der Waals surface area contributed by atoms with E-state index in [-0.39, 0.29) is 6.04 Å². The van der Waals surface area contributed by atoms with Crippen molar-refractivity contribution < 1.29 is 4.74 Å². The fourth-order valence-electron chi connectivity index (χ4n) is 1.65. The average Bonchev–Trinajstić information content (AvgIpc) is 2.38. The number of ether oxygens (including phenoxy) is 1. The van der Waals surface area contributed by atoms with Crippen LogP contribution in [0.2, 0.25) is 0 Å². The lowest BCUT2D eigenvalue weighted by molar-refractivity contribution is 0.108. The first-order chi connectivity index (χ1) is 8.69. The molecule has 1 atom stereocenters. The van der Waals surface area contributed by atoms with Gasteiger partial charge in [-0.05, 0) is 18.9 Å². The first kappa shape index (κ1) is 14.6. The van der Waals surface area contributed by atoms with Gasteiger partial charge in [0.2, 0.25) is 0 Å². The van der Waals surface area contributed by atoms with Crippen LogP contribution >= 0.6 is 0 Å². The van der Waals surface area contributed by atoms with Crippen molar-refractivity contribution in [1.82, 2.24) is 10.3 Å². The summed E-state index contributed by atoms with van der Waals surface area (Å²) in [5, 5.41) is 12.4. The zero-order valence-corrected chi connectivity index (χ0v) is 11.3. The van der Waals surface area contributed by atoms with Crippen molar-refractivity contribution in [2.24, 2.45) is 5.92 Å². The summed E-state index contributed by atoms with van der Waals surface area (Å²) in [4.78, 5) is 4.05. The third-order valence-electron chi connectivity index (χ3n) is 2.86. The fourth-order valence-corrected chi connectivity index (χ4v) is 1.65. The molecule has 0 spiro atoms. The SMILES string of the molecule is CCOCC(NCc1cccnc1C#N)C(C)C. The first-order valence-electron chi connectivity index (χ1n) is 6.34. The van der Waals surface area contributed by atoms with Gasteiger partial charge in [-0.15, -0.1) is 0 Å². The Balaban J connectivity index is 2.59. The second kappa shape index (κ2) is 7.80. The highest BCUT2D eigenvalue weighted by Crippen LogP contribution is 2.07. The monoisotopic (exact) mass is 247 g/mol. The lowest BCUT2D eigenvalue weighted by Crippen LogP contribution is -2.37. The maximum absolute atomic E-state index is 8.97. The van der Waals surface area contributed by atoms with Crippen LogP contribution in [0.4, 0.5) is 0 Å². The summed E-state index contributed by atoms with van der Waals surface area (Å²) in [7, 11) is 0. The number of nitrogens with zero attached hydrogens (tertiary/aromatic N) is 2. The van der Waals surface area contributed by atoms with Crippen molar-refractivity contribution in [2.75, 3.05) is 13.2 Å². The van der Waals surface area contributed by atoms with Gasteiger partial charge >= 0.3 is 0 Å². The molecule has 0 aliphatic carbocycles. The van der Waals surface area contributed by atoms with Gasteiger partial charge in [-0.1, -0.05) is 19.9 Å². The van der Waals surface area contributed by atoms with Crippen LogP contribution in [0, 0.1) is 17.2 Å². The van der Waals surface area contributed by atoms with E-state index in [1.165, 1.54) is 0 Å². The van der Waals surface area contributed by atoms with Gasteiger partial charge < -0.3 is 10.1 Å². The summed E-state index contributed by atoms with van der Waals surface area (Å²) in [5.41, 5.74) is 1.42. The summed E-state index contributed by atoms with van der Waals surface area (Å²) < 4.78 is 5.46. The molecule has 0 aromatic carbocycles. The highest BCUT2D eigenvalue weighted by molar-refractivity contribution is 5.30. The van der Waals surface area contributed by atoms with Crippen LogP contribution in [-0.4, -0.2) is 24.2 Å². The Bertz CT molecular complexity index is 398. The molecule has 0 amide bonds. The average molecular weight is 247 g/mol. The summed E-state index contributed by atoms with van der Waals surface area (Å²) >= 11 is 0. The van der Waals surface area contributed by atoms with E-state index < -0.39 is 0 Å². The Kier molecular flexibility index (Phi) is 6.34. The number of nitrogens with one attached hydrogen (secondary N) is 1. The van der Waals surface area contributed by atoms with Crippen LogP contribution in [0.3, 0.4) is 0 Å². The van der Waals surface area contributed by atoms with Gasteiger partial charge in [-0.25, -0.2) is 4.98 Å². The van der Waals surface area contributed by atoms with Crippen LogP contribution in [0.15, 0.2) is 18.3 Å². The normalized spacial score (nSPS) is 12.4. The third-order valence-corrected chi connectivity index (χ3v) is 2.86. The fraction of sp³-hybridized carbons (Fsp3) is 0.571. The number of hydrogen-bond donors (Lipinski definition) is 1. The number of aromatic nitrogens is 1. The smallest absolute Gasteiger partial charge is 0.144 e. The van der Waals surface area contributed by atoms with Crippen molar-refractivity contribution in [1.29, 1.82) is 5.26 Å². The topological polar surface area (TPSA) is 57.9 Å². The molecular formula is C14H21N3O. The van der Waals surface area contributed by atoms with Crippen LogP contribution in [0.5, 0.6) is 0 Å². The summed E-state index contributed by atoms with van der Waals surface area (Å²) in [6.45, 7) is 8.37. The molecule has 1 unspecified atom stereocenters. The number of hydrogen-bond acceptors (Lipinski definition) is 4. The van der Waals surface area contributed by atoms with Crippen LogP contribution in [0.25, 0.3) is 0 Å². The lowest BCUT2D eigenvalue weighted by atomic mass is 10.0. The van der Waals surface area contributed by atoms with Crippen molar-refractivity contribution >= 4 is 0 Å². The highest BCUT2D eigenvalue weighted by Gasteiger charge is 2.13. The molecule has 1 aromatic rings. The molecule has 0 radical (unpaired) electrons. The third kappa shape index (κ3) is 4.44. The molecule has 1 rings (SSSR count). The number of nitriles is 1. The van der Waals surface area contributed by atoms with E-state index >= 15 is 0 Å². The van der Waals surface area contributed by atoms with Crippen LogP contribution in [-0.2, 0) is 11.3 Å². The zero-order chi connectivity index (χ0) is 13.4. The maximum atomic E-state index is 8.97. The van der Waals surface area contributed by atoms with Crippen molar-refractivity contribution in [3.63, 3.8) is 0 Å². The minimum Gasteiger partial charge on any atom is -0.380 e. The Morgan fingerprint density at radius 2 is 2.28 bits per heavy atom. The predicted octanol–water partition coefficient (Wildman–Crippen LogP) is 2.10. The maximum Gasteiger partial charge on any atom is 0.144 e. The Morgan fingerprint density at radius 1 is 1.50 bits per heavy atom. The van der Waals surface area contributed by atoms with E-state index in [0.29, 0.717) is 24.8 Å². The highest BCUT2D eigenvalue weighted by atomic mass is 16.5. The molecule has 0 aliphatic heterocycles. The summed E-state index contributed by atoms with van der Waals surface area (Å²) in [5.74, 6) is 0.485. The van der Waals surface area contributed by atoms with E-state index in [4.69, 9.17) is 10.00 Å². The second-order valence-corrected chi connectivity index (χ2v) is 4.51. The Morgan fingerprint density at radius 3 is 2.89 bits per heavy atom. The number of rotatable bonds is 7. The van der Waals surface area contributed by atoms with E-state index in [9.17, 15) is 0 Å². The standard InChI is InChI=1S/C14H21N3O/c1-4-18-10-14(11(2)3)17-9-12-6-5-7-16-13(12)8-15/h5-7,11,14,17H,4,9-10H2,1-3H3. The van der Waals surface area contributed by atoms with Crippen LogP contribution < -0.4 is 5.32 Å². The second-order valence-electron chi connectivity index (χ2n) is 4.51. The van der Waals surface area contributed by atoms with E-state index in [0.717, 1.165) is 12.2 Å². The molecule has 0 bridgehead atoms. The van der Waals surface area contributed by atoms with Crippen molar-refractivity contribution in [3.8, 4) is 6.07 Å². The van der Waals surface area contributed by atoms with Gasteiger partial charge in [0, 0.05) is 31.0 Å². The molecule has 0 saturated carbocycles. The summed E-state index contributed by atoms with van der Waals surface area (Å²) in [6.07, 6.45) is 1.64. The summed E-state index contributed by atoms with van der Waals surface area (Å²) in [6, 6.07) is 6.18.